The lowest BCUT2D eigenvalue weighted by Crippen LogP contribution is -2.31. The topological polar surface area (TPSA) is 21.3 Å². The molecule has 0 aliphatic carbocycles. The van der Waals surface area contributed by atoms with Crippen LogP contribution in [0.5, 0.6) is 5.75 Å². The third-order valence-corrected chi connectivity index (χ3v) is 2.75. The average Bonchev–Trinajstić information content (AvgIpc) is 2.26. The monoisotopic (exact) mass is 235 g/mol. The third-order valence-electron chi connectivity index (χ3n) is 2.75. The summed E-state index contributed by atoms with van der Waals surface area (Å²) in [6, 6.07) is 8.76. The van der Waals surface area contributed by atoms with Gasteiger partial charge in [0.15, 0.2) is 0 Å². The fraction of sp³-hybridized carbons (Fsp3) is 0.600. The van der Waals surface area contributed by atoms with E-state index in [0.717, 1.165) is 12.3 Å². The first-order chi connectivity index (χ1) is 7.93. The highest BCUT2D eigenvalue weighted by Crippen LogP contribution is 2.25. The van der Waals surface area contributed by atoms with Crippen molar-refractivity contribution in [3.63, 3.8) is 0 Å². The minimum atomic E-state index is 0.173. The maximum Gasteiger partial charge on any atom is 0.119 e. The summed E-state index contributed by atoms with van der Waals surface area (Å²) < 4.78 is 5.79. The maximum absolute atomic E-state index is 5.79. The van der Waals surface area contributed by atoms with Gasteiger partial charge in [-0.15, -0.1) is 0 Å². The second-order valence-electron chi connectivity index (χ2n) is 5.55. The molecule has 1 unspecified atom stereocenters. The first-order valence-corrected chi connectivity index (χ1v) is 6.40. The van der Waals surface area contributed by atoms with Gasteiger partial charge in [-0.1, -0.05) is 39.8 Å². The van der Waals surface area contributed by atoms with Gasteiger partial charge in [0.25, 0.3) is 0 Å². The fourth-order valence-electron chi connectivity index (χ4n) is 1.68. The molecule has 0 bridgehead atoms. The van der Waals surface area contributed by atoms with E-state index in [0.29, 0.717) is 12.6 Å². The van der Waals surface area contributed by atoms with Crippen LogP contribution in [0.2, 0.25) is 0 Å². The maximum atomic E-state index is 5.79. The van der Waals surface area contributed by atoms with Crippen LogP contribution in [0, 0.1) is 0 Å². The quantitative estimate of drug-likeness (QED) is 0.845. The normalized spacial score (nSPS) is 13.5. The Hall–Kier alpha value is -1.02. The van der Waals surface area contributed by atoms with E-state index in [1.807, 2.05) is 6.07 Å². The molecule has 0 amide bonds. The molecule has 1 aromatic carbocycles. The summed E-state index contributed by atoms with van der Waals surface area (Å²) in [4.78, 5) is 0. The van der Waals surface area contributed by atoms with Crippen molar-refractivity contribution in [2.75, 3.05) is 13.2 Å². The zero-order valence-corrected chi connectivity index (χ0v) is 11.7. The van der Waals surface area contributed by atoms with Crippen molar-refractivity contribution >= 4 is 0 Å². The molecule has 0 heterocycles. The van der Waals surface area contributed by atoms with Crippen LogP contribution in [0.1, 0.15) is 40.2 Å². The minimum absolute atomic E-state index is 0.173. The lowest BCUT2D eigenvalue weighted by atomic mass is 9.87. The molecule has 0 radical (unpaired) electrons. The van der Waals surface area contributed by atoms with E-state index >= 15 is 0 Å². The van der Waals surface area contributed by atoms with Crippen molar-refractivity contribution in [3.05, 3.63) is 29.8 Å². The lowest BCUT2D eigenvalue weighted by molar-refractivity contribution is 0.274. The van der Waals surface area contributed by atoms with Gasteiger partial charge in [-0.05, 0) is 36.6 Å². The molecule has 0 saturated carbocycles. The van der Waals surface area contributed by atoms with Crippen molar-refractivity contribution in [1.29, 1.82) is 0 Å². The van der Waals surface area contributed by atoms with Crippen molar-refractivity contribution in [2.45, 2.75) is 46.1 Å². The van der Waals surface area contributed by atoms with Crippen molar-refractivity contribution in [3.8, 4) is 5.75 Å². The Labute approximate surface area is 105 Å². The highest BCUT2D eigenvalue weighted by molar-refractivity contribution is 5.32. The summed E-state index contributed by atoms with van der Waals surface area (Å²) in [6.07, 6.45) is 0. The summed E-state index contributed by atoms with van der Waals surface area (Å²) >= 11 is 0. The number of hydrogen-bond acceptors (Lipinski definition) is 2. The van der Waals surface area contributed by atoms with E-state index in [2.05, 4.69) is 58.1 Å². The Morgan fingerprint density at radius 2 is 2.00 bits per heavy atom. The summed E-state index contributed by atoms with van der Waals surface area (Å²) in [5, 5.41) is 3.34. The van der Waals surface area contributed by atoms with Gasteiger partial charge < -0.3 is 10.1 Å². The van der Waals surface area contributed by atoms with Crippen LogP contribution in [0.3, 0.4) is 0 Å². The first kappa shape index (κ1) is 14.0. The second-order valence-corrected chi connectivity index (χ2v) is 5.55. The zero-order chi connectivity index (χ0) is 12.9. The molecule has 0 fully saturated rings. The summed E-state index contributed by atoms with van der Waals surface area (Å²) in [5.41, 5.74) is 1.48. The predicted molar refractivity (Wildman–Crippen MR) is 73.8 cm³/mol. The molecule has 2 heteroatoms. The minimum Gasteiger partial charge on any atom is -0.492 e. The standard InChI is InChI=1S/C15H25NO/c1-6-16-12(2)11-17-14-9-7-8-13(10-14)15(3,4)5/h7-10,12,16H,6,11H2,1-5H3. The van der Waals surface area contributed by atoms with Gasteiger partial charge in [0.05, 0.1) is 0 Å². The van der Waals surface area contributed by atoms with Crippen molar-refractivity contribution in [2.24, 2.45) is 0 Å². The van der Waals surface area contributed by atoms with E-state index < -0.39 is 0 Å². The van der Waals surface area contributed by atoms with E-state index in [-0.39, 0.29) is 5.41 Å². The predicted octanol–water partition coefficient (Wildman–Crippen LogP) is 3.36. The van der Waals surface area contributed by atoms with Crippen LogP contribution >= 0.6 is 0 Å². The lowest BCUT2D eigenvalue weighted by Gasteiger charge is -2.20. The Morgan fingerprint density at radius 1 is 1.29 bits per heavy atom. The summed E-state index contributed by atoms with van der Waals surface area (Å²) in [7, 11) is 0. The molecule has 96 valence electrons. The van der Waals surface area contributed by atoms with Crippen LogP contribution in [0.4, 0.5) is 0 Å². The van der Waals surface area contributed by atoms with Gasteiger partial charge >= 0.3 is 0 Å². The molecule has 0 aliphatic rings. The number of benzene rings is 1. The van der Waals surface area contributed by atoms with Gasteiger partial charge in [-0.25, -0.2) is 0 Å². The van der Waals surface area contributed by atoms with Gasteiger partial charge in [-0.3, -0.25) is 0 Å². The van der Waals surface area contributed by atoms with Crippen LogP contribution in [-0.4, -0.2) is 19.2 Å². The number of nitrogens with one attached hydrogen (secondary N) is 1. The van der Waals surface area contributed by atoms with Gasteiger partial charge in [0.2, 0.25) is 0 Å². The molecule has 1 N–H and O–H groups in total. The van der Waals surface area contributed by atoms with Crippen LogP contribution in [-0.2, 0) is 5.41 Å². The van der Waals surface area contributed by atoms with Crippen LogP contribution in [0.25, 0.3) is 0 Å². The fourth-order valence-corrected chi connectivity index (χ4v) is 1.68. The molecule has 2 nitrogen and oxygen atoms in total. The van der Waals surface area contributed by atoms with Gasteiger partial charge in [-0.2, -0.15) is 0 Å². The molecule has 0 saturated heterocycles. The molecule has 1 aromatic rings. The van der Waals surface area contributed by atoms with E-state index in [1.165, 1.54) is 5.56 Å². The molecular weight excluding hydrogens is 210 g/mol. The molecule has 0 aliphatic heterocycles. The SMILES string of the molecule is CCNC(C)COc1cccc(C(C)(C)C)c1. The number of likely N-dealkylation sites (N-methyl/N-ethyl adjacent to an activating group) is 1. The molecule has 1 atom stereocenters. The van der Waals surface area contributed by atoms with Crippen LogP contribution in [0.15, 0.2) is 24.3 Å². The highest BCUT2D eigenvalue weighted by atomic mass is 16.5. The van der Waals surface area contributed by atoms with Crippen LogP contribution < -0.4 is 10.1 Å². The Morgan fingerprint density at radius 3 is 2.59 bits per heavy atom. The Bertz CT molecular complexity index is 341. The largest absolute Gasteiger partial charge is 0.492 e. The zero-order valence-electron chi connectivity index (χ0n) is 11.7. The van der Waals surface area contributed by atoms with Crippen molar-refractivity contribution < 1.29 is 4.74 Å². The summed E-state index contributed by atoms with van der Waals surface area (Å²) in [5.74, 6) is 0.960. The molecular formula is C15H25NO. The number of hydrogen-bond donors (Lipinski definition) is 1. The first-order valence-electron chi connectivity index (χ1n) is 6.40. The third kappa shape index (κ3) is 4.78. The Kier molecular flexibility index (Phi) is 5.01. The Balaban J connectivity index is 2.60. The van der Waals surface area contributed by atoms with E-state index in [1.54, 1.807) is 0 Å². The smallest absolute Gasteiger partial charge is 0.119 e. The van der Waals surface area contributed by atoms with E-state index in [9.17, 15) is 0 Å². The van der Waals surface area contributed by atoms with Crippen molar-refractivity contribution in [1.82, 2.24) is 5.32 Å². The number of ether oxygens (including phenoxy) is 1. The number of rotatable bonds is 5. The molecule has 17 heavy (non-hydrogen) atoms. The second kappa shape index (κ2) is 6.06. The molecule has 1 rings (SSSR count). The highest BCUT2D eigenvalue weighted by Gasteiger charge is 2.14. The molecule has 0 aromatic heterocycles. The van der Waals surface area contributed by atoms with Gasteiger partial charge in [0, 0.05) is 6.04 Å². The molecule has 0 spiro atoms. The average molecular weight is 235 g/mol. The van der Waals surface area contributed by atoms with Gasteiger partial charge in [0.1, 0.15) is 12.4 Å². The van der Waals surface area contributed by atoms with E-state index in [4.69, 9.17) is 4.74 Å². The summed E-state index contributed by atoms with van der Waals surface area (Å²) in [6.45, 7) is 12.6.